The first-order valence-electron chi connectivity index (χ1n) is 6.94. The first kappa shape index (κ1) is 12.2. The van der Waals surface area contributed by atoms with E-state index in [1.165, 1.54) is 23.1 Å². The lowest BCUT2D eigenvalue weighted by Crippen LogP contribution is -2.13. The average molecular weight is 253 g/mol. The molecule has 19 heavy (non-hydrogen) atoms. The molecule has 0 fully saturated rings. The molecule has 0 aliphatic carbocycles. The summed E-state index contributed by atoms with van der Waals surface area (Å²) in [6.45, 7) is 5.39. The predicted octanol–water partition coefficient (Wildman–Crippen LogP) is 3.63. The zero-order valence-corrected chi connectivity index (χ0v) is 11.5. The van der Waals surface area contributed by atoms with Crippen molar-refractivity contribution in [2.75, 3.05) is 11.9 Å². The Labute approximate surface area is 114 Å². The van der Waals surface area contributed by atoms with Gasteiger partial charge in [0.2, 0.25) is 0 Å². The van der Waals surface area contributed by atoms with Crippen LogP contribution in [0.15, 0.2) is 30.6 Å². The Morgan fingerprint density at radius 1 is 1.26 bits per heavy atom. The van der Waals surface area contributed by atoms with Crippen molar-refractivity contribution in [3.05, 3.63) is 41.9 Å². The molecule has 0 unspecified atom stereocenters. The molecular formula is C16H19N3. The standard InChI is InChI=1S/C16H19N3/c1-11(2)15-14(6-4-7-17-15)13-9-12-5-3-8-18-16(12)19-10-13/h4,6-7,9-11H,3,5,8H2,1-2H3,(H,18,19). The van der Waals surface area contributed by atoms with Crippen molar-refractivity contribution < 1.29 is 0 Å². The molecule has 1 aliphatic heterocycles. The van der Waals surface area contributed by atoms with Crippen LogP contribution in [0.2, 0.25) is 0 Å². The second-order valence-electron chi connectivity index (χ2n) is 5.35. The van der Waals surface area contributed by atoms with Crippen molar-refractivity contribution >= 4 is 5.82 Å². The van der Waals surface area contributed by atoms with Gasteiger partial charge in [-0.15, -0.1) is 0 Å². The molecule has 0 saturated heterocycles. The van der Waals surface area contributed by atoms with Crippen LogP contribution >= 0.6 is 0 Å². The lowest BCUT2D eigenvalue weighted by atomic mass is 9.96. The van der Waals surface area contributed by atoms with Gasteiger partial charge < -0.3 is 5.32 Å². The van der Waals surface area contributed by atoms with Gasteiger partial charge in [0.1, 0.15) is 5.82 Å². The van der Waals surface area contributed by atoms with Crippen LogP contribution in [-0.4, -0.2) is 16.5 Å². The third kappa shape index (κ3) is 2.33. The van der Waals surface area contributed by atoms with Crippen LogP contribution in [0.25, 0.3) is 11.1 Å². The quantitative estimate of drug-likeness (QED) is 0.888. The molecule has 0 atom stereocenters. The third-order valence-electron chi connectivity index (χ3n) is 3.58. The molecule has 1 aliphatic rings. The smallest absolute Gasteiger partial charge is 0.129 e. The minimum Gasteiger partial charge on any atom is -0.370 e. The number of rotatable bonds is 2. The molecular weight excluding hydrogens is 234 g/mol. The van der Waals surface area contributed by atoms with E-state index in [2.05, 4.69) is 41.3 Å². The number of nitrogens with one attached hydrogen (secondary N) is 1. The van der Waals surface area contributed by atoms with Gasteiger partial charge in [0.05, 0.1) is 5.69 Å². The number of pyridine rings is 2. The third-order valence-corrected chi connectivity index (χ3v) is 3.58. The van der Waals surface area contributed by atoms with E-state index < -0.39 is 0 Å². The van der Waals surface area contributed by atoms with Crippen LogP contribution in [0.4, 0.5) is 5.82 Å². The van der Waals surface area contributed by atoms with E-state index in [0.29, 0.717) is 5.92 Å². The van der Waals surface area contributed by atoms with E-state index in [-0.39, 0.29) is 0 Å². The monoisotopic (exact) mass is 253 g/mol. The number of aromatic nitrogens is 2. The van der Waals surface area contributed by atoms with Gasteiger partial charge in [-0.2, -0.15) is 0 Å². The second kappa shape index (κ2) is 5.00. The molecule has 0 spiro atoms. The van der Waals surface area contributed by atoms with E-state index >= 15 is 0 Å². The summed E-state index contributed by atoms with van der Waals surface area (Å²) in [5.74, 6) is 1.47. The lowest BCUT2D eigenvalue weighted by molar-refractivity contribution is 0.815. The predicted molar refractivity (Wildman–Crippen MR) is 78.4 cm³/mol. The summed E-state index contributed by atoms with van der Waals surface area (Å²) in [4.78, 5) is 9.08. The van der Waals surface area contributed by atoms with Crippen LogP contribution < -0.4 is 5.32 Å². The topological polar surface area (TPSA) is 37.8 Å². The maximum atomic E-state index is 4.56. The summed E-state index contributed by atoms with van der Waals surface area (Å²) < 4.78 is 0. The van der Waals surface area contributed by atoms with E-state index in [9.17, 15) is 0 Å². The minimum atomic E-state index is 0.422. The zero-order valence-electron chi connectivity index (χ0n) is 11.5. The zero-order chi connectivity index (χ0) is 13.2. The largest absolute Gasteiger partial charge is 0.370 e. The van der Waals surface area contributed by atoms with Crippen molar-refractivity contribution in [1.29, 1.82) is 0 Å². The number of aryl methyl sites for hydroxylation is 1. The number of anilines is 1. The Hall–Kier alpha value is -1.90. The Kier molecular flexibility index (Phi) is 3.20. The van der Waals surface area contributed by atoms with Gasteiger partial charge in [0.25, 0.3) is 0 Å². The molecule has 1 N–H and O–H groups in total. The molecule has 98 valence electrons. The molecule has 0 amide bonds. The number of hydrogen-bond acceptors (Lipinski definition) is 3. The summed E-state index contributed by atoms with van der Waals surface area (Å²) in [6.07, 6.45) is 6.12. The average Bonchev–Trinajstić information content (AvgIpc) is 2.46. The summed E-state index contributed by atoms with van der Waals surface area (Å²) in [6, 6.07) is 6.40. The van der Waals surface area contributed by atoms with Crippen LogP contribution in [0.3, 0.4) is 0 Å². The van der Waals surface area contributed by atoms with E-state index in [1.54, 1.807) is 0 Å². The van der Waals surface area contributed by atoms with Crippen molar-refractivity contribution in [2.45, 2.75) is 32.6 Å². The number of hydrogen-bond donors (Lipinski definition) is 1. The molecule has 2 aromatic heterocycles. The Balaban J connectivity index is 2.07. The lowest BCUT2D eigenvalue weighted by Gasteiger charge is -2.18. The van der Waals surface area contributed by atoms with E-state index in [1.807, 2.05) is 18.5 Å². The summed E-state index contributed by atoms with van der Waals surface area (Å²) in [5.41, 5.74) is 4.85. The highest BCUT2D eigenvalue weighted by Gasteiger charge is 2.14. The van der Waals surface area contributed by atoms with E-state index in [4.69, 9.17) is 0 Å². The van der Waals surface area contributed by atoms with Gasteiger partial charge in [0, 0.05) is 30.1 Å². The van der Waals surface area contributed by atoms with Crippen LogP contribution in [-0.2, 0) is 6.42 Å². The minimum absolute atomic E-state index is 0.422. The highest BCUT2D eigenvalue weighted by molar-refractivity contribution is 5.68. The highest BCUT2D eigenvalue weighted by atomic mass is 15.0. The molecule has 3 heterocycles. The van der Waals surface area contributed by atoms with Crippen molar-refractivity contribution in [3.8, 4) is 11.1 Å². The van der Waals surface area contributed by atoms with Gasteiger partial charge >= 0.3 is 0 Å². The summed E-state index contributed by atoms with van der Waals surface area (Å²) >= 11 is 0. The number of fused-ring (bicyclic) bond motifs is 1. The molecule has 3 rings (SSSR count). The first-order chi connectivity index (χ1) is 9.25. The Bertz CT molecular complexity index is 590. The van der Waals surface area contributed by atoms with Crippen LogP contribution in [0.1, 0.15) is 37.4 Å². The summed E-state index contributed by atoms with van der Waals surface area (Å²) in [5, 5.41) is 3.35. The normalized spacial score (nSPS) is 14.1. The molecule has 3 heteroatoms. The number of nitrogens with zero attached hydrogens (tertiary/aromatic N) is 2. The SMILES string of the molecule is CC(C)c1ncccc1-c1cnc2c(c1)CCCN2. The van der Waals surface area contributed by atoms with Gasteiger partial charge in [-0.1, -0.05) is 19.9 Å². The summed E-state index contributed by atoms with van der Waals surface area (Å²) in [7, 11) is 0. The molecule has 0 radical (unpaired) electrons. The molecule has 2 aromatic rings. The Morgan fingerprint density at radius 3 is 3.00 bits per heavy atom. The van der Waals surface area contributed by atoms with Crippen molar-refractivity contribution in [2.24, 2.45) is 0 Å². The molecule has 0 bridgehead atoms. The van der Waals surface area contributed by atoms with Gasteiger partial charge in [-0.05, 0) is 36.5 Å². The van der Waals surface area contributed by atoms with Gasteiger partial charge in [0.15, 0.2) is 0 Å². The second-order valence-corrected chi connectivity index (χ2v) is 5.35. The van der Waals surface area contributed by atoms with Gasteiger partial charge in [-0.25, -0.2) is 4.98 Å². The fourth-order valence-corrected chi connectivity index (χ4v) is 2.61. The van der Waals surface area contributed by atoms with Crippen molar-refractivity contribution in [1.82, 2.24) is 9.97 Å². The van der Waals surface area contributed by atoms with Crippen molar-refractivity contribution in [3.63, 3.8) is 0 Å². The highest BCUT2D eigenvalue weighted by Crippen LogP contribution is 2.30. The fourth-order valence-electron chi connectivity index (χ4n) is 2.61. The van der Waals surface area contributed by atoms with Crippen LogP contribution in [0.5, 0.6) is 0 Å². The maximum Gasteiger partial charge on any atom is 0.129 e. The fraction of sp³-hybridized carbons (Fsp3) is 0.375. The maximum absolute atomic E-state index is 4.56. The molecule has 0 saturated carbocycles. The van der Waals surface area contributed by atoms with Crippen LogP contribution in [0, 0.1) is 0 Å². The Morgan fingerprint density at radius 2 is 2.16 bits per heavy atom. The first-order valence-corrected chi connectivity index (χ1v) is 6.94. The molecule has 0 aromatic carbocycles. The molecule has 3 nitrogen and oxygen atoms in total. The van der Waals surface area contributed by atoms with Gasteiger partial charge in [-0.3, -0.25) is 4.98 Å². The van der Waals surface area contributed by atoms with E-state index in [0.717, 1.165) is 24.5 Å².